The summed E-state index contributed by atoms with van der Waals surface area (Å²) in [6, 6.07) is 0. The van der Waals surface area contributed by atoms with Gasteiger partial charge in [-0.15, -0.1) is 0 Å². The average Bonchev–Trinajstić information content (AvgIpc) is 2.45. The maximum atomic E-state index is 4.58. The van der Waals surface area contributed by atoms with Crippen LogP contribution in [0.2, 0.25) is 0 Å². The van der Waals surface area contributed by atoms with Gasteiger partial charge in [-0.2, -0.15) is 0 Å². The van der Waals surface area contributed by atoms with Crippen molar-refractivity contribution in [3.8, 4) is 0 Å². The topological polar surface area (TPSA) is 12.4 Å². The second-order valence-corrected chi connectivity index (χ2v) is 4.26. The lowest BCUT2D eigenvalue weighted by Gasteiger charge is -2.30. The van der Waals surface area contributed by atoms with Gasteiger partial charge in [-0.25, -0.2) is 0 Å². The summed E-state index contributed by atoms with van der Waals surface area (Å²) in [5.41, 5.74) is 2.04. The molecule has 1 heteroatoms. The Hall–Kier alpha value is -0.330. The van der Waals surface area contributed by atoms with Gasteiger partial charge in [0, 0.05) is 12.3 Å². The zero-order chi connectivity index (χ0) is 7.73. The predicted octanol–water partition coefficient (Wildman–Crippen LogP) is 2.80. The summed E-state index contributed by atoms with van der Waals surface area (Å²) in [5.74, 6) is 0. The van der Waals surface area contributed by atoms with Crippen molar-refractivity contribution >= 4 is 5.71 Å². The van der Waals surface area contributed by atoms with Crippen LogP contribution in [0.25, 0.3) is 0 Å². The van der Waals surface area contributed by atoms with Crippen molar-refractivity contribution in [1.29, 1.82) is 0 Å². The van der Waals surface area contributed by atoms with Gasteiger partial charge in [-0.3, -0.25) is 4.99 Å². The first kappa shape index (κ1) is 7.33. The van der Waals surface area contributed by atoms with E-state index in [0.717, 1.165) is 6.54 Å². The standard InChI is InChI=1S/C10H17N/c1-9-4-7-10(8-11-9)5-2-3-6-10/h2-8H2,1H3. The molecule has 0 N–H and O–H groups in total. The highest BCUT2D eigenvalue weighted by Crippen LogP contribution is 2.43. The summed E-state index contributed by atoms with van der Waals surface area (Å²) < 4.78 is 0. The molecule has 0 atom stereocenters. The Labute approximate surface area is 68.9 Å². The van der Waals surface area contributed by atoms with Crippen molar-refractivity contribution in [3.05, 3.63) is 0 Å². The molecule has 0 aromatic heterocycles. The van der Waals surface area contributed by atoms with E-state index in [2.05, 4.69) is 11.9 Å². The minimum Gasteiger partial charge on any atom is -0.294 e. The monoisotopic (exact) mass is 151 g/mol. The highest BCUT2D eigenvalue weighted by atomic mass is 14.8. The van der Waals surface area contributed by atoms with E-state index in [1.165, 1.54) is 44.2 Å². The lowest BCUT2D eigenvalue weighted by atomic mass is 9.79. The molecule has 11 heavy (non-hydrogen) atoms. The molecule has 0 saturated heterocycles. The van der Waals surface area contributed by atoms with Gasteiger partial charge in [-0.05, 0) is 38.0 Å². The fraction of sp³-hybridized carbons (Fsp3) is 0.900. The Balaban J connectivity index is 2.06. The maximum absolute atomic E-state index is 4.58. The molecule has 0 amide bonds. The van der Waals surface area contributed by atoms with Crippen molar-refractivity contribution in [2.45, 2.75) is 45.4 Å². The van der Waals surface area contributed by atoms with E-state index < -0.39 is 0 Å². The van der Waals surface area contributed by atoms with Crippen LogP contribution in [0.3, 0.4) is 0 Å². The molecule has 2 rings (SSSR count). The molecule has 1 aliphatic carbocycles. The summed E-state index contributed by atoms with van der Waals surface area (Å²) in [5, 5.41) is 0. The summed E-state index contributed by atoms with van der Waals surface area (Å²) in [7, 11) is 0. The summed E-state index contributed by atoms with van der Waals surface area (Å²) in [6.45, 7) is 3.31. The Morgan fingerprint density at radius 2 is 1.91 bits per heavy atom. The van der Waals surface area contributed by atoms with E-state index in [-0.39, 0.29) is 0 Å². The van der Waals surface area contributed by atoms with E-state index in [1.807, 2.05) is 0 Å². The van der Waals surface area contributed by atoms with Crippen LogP contribution < -0.4 is 0 Å². The molecule has 0 aromatic carbocycles. The largest absolute Gasteiger partial charge is 0.294 e. The Morgan fingerprint density at radius 3 is 2.45 bits per heavy atom. The SMILES string of the molecule is CC1=NCC2(CCCC2)CC1. The van der Waals surface area contributed by atoms with Crippen LogP contribution in [-0.4, -0.2) is 12.3 Å². The highest BCUT2D eigenvalue weighted by molar-refractivity contribution is 5.82. The van der Waals surface area contributed by atoms with Crippen LogP contribution >= 0.6 is 0 Å². The van der Waals surface area contributed by atoms with Crippen LogP contribution in [0.5, 0.6) is 0 Å². The molecule has 0 aromatic rings. The molecule has 1 aliphatic heterocycles. The minimum absolute atomic E-state index is 0.666. The first-order valence-corrected chi connectivity index (χ1v) is 4.81. The van der Waals surface area contributed by atoms with Gasteiger partial charge < -0.3 is 0 Å². The van der Waals surface area contributed by atoms with E-state index in [0.29, 0.717) is 5.41 Å². The Morgan fingerprint density at radius 1 is 1.18 bits per heavy atom. The van der Waals surface area contributed by atoms with Crippen LogP contribution in [0, 0.1) is 5.41 Å². The van der Waals surface area contributed by atoms with Gasteiger partial charge in [0.2, 0.25) is 0 Å². The first-order chi connectivity index (χ1) is 5.31. The number of hydrogen-bond donors (Lipinski definition) is 0. The van der Waals surface area contributed by atoms with Crippen molar-refractivity contribution in [2.24, 2.45) is 10.4 Å². The summed E-state index contributed by atoms with van der Waals surface area (Å²) >= 11 is 0. The third-order valence-electron chi connectivity index (χ3n) is 3.37. The average molecular weight is 151 g/mol. The Kier molecular flexibility index (Phi) is 1.74. The van der Waals surface area contributed by atoms with Gasteiger partial charge >= 0.3 is 0 Å². The number of aliphatic imine (C=N–C) groups is 1. The van der Waals surface area contributed by atoms with Gasteiger partial charge in [0.1, 0.15) is 0 Å². The predicted molar refractivity (Wildman–Crippen MR) is 48.1 cm³/mol. The van der Waals surface area contributed by atoms with Gasteiger partial charge in [0.15, 0.2) is 0 Å². The lowest BCUT2D eigenvalue weighted by Crippen LogP contribution is -2.25. The third kappa shape index (κ3) is 1.33. The zero-order valence-electron chi connectivity index (χ0n) is 7.40. The Bertz CT molecular complexity index is 175. The van der Waals surface area contributed by atoms with Crippen LogP contribution in [0.15, 0.2) is 4.99 Å². The fourth-order valence-electron chi connectivity index (χ4n) is 2.44. The van der Waals surface area contributed by atoms with Gasteiger partial charge in [0.05, 0.1) is 0 Å². The van der Waals surface area contributed by atoms with Crippen LogP contribution in [-0.2, 0) is 0 Å². The molecular weight excluding hydrogens is 134 g/mol. The molecule has 0 radical (unpaired) electrons. The van der Waals surface area contributed by atoms with E-state index in [4.69, 9.17) is 0 Å². The molecule has 1 spiro atoms. The molecule has 2 aliphatic rings. The second kappa shape index (κ2) is 2.62. The lowest BCUT2D eigenvalue weighted by molar-refractivity contribution is 0.279. The number of hydrogen-bond acceptors (Lipinski definition) is 1. The molecule has 1 nitrogen and oxygen atoms in total. The van der Waals surface area contributed by atoms with Gasteiger partial charge in [0.25, 0.3) is 0 Å². The normalized spacial score (nSPS) is 29.0. The third-order valence-corrected chi connectivity index (χ3v) is 3.37. The number of nitrogens with zero attached hydrogens (tertiary/aromatic N) is 1. The van der Waals surface area contributed by atoms with Crippen molar-refractivity contribution in [2.75, 3.05) is 6.54 Å². The fourth-order valence-corrected chi connectivity index (χ4v) is 2.44. The summed E-state index contributed by atoms with van der Waals surface area (Å²) in [6.07, 6.45) is 8.49. The molecule has 0 unspecified atom stereocenters. The molecule has 1 saturated carbocycles. The van der Waals surface area contributed by atoms with E-state index >= 15 is 0 Å². The van der Waals surface area contributed by atoms with E-state index in [9.17, 15) is 0 Å². The summed E-state index contributed by atoms with van der Waals surface area (Å²) in [4.78, 5) is 4.58. The van der Waals surface area contributed by atoms with Crippen LogP contribution in [0.1, 0.15) is 45.4 Å². The zero-order valence-corrected chi connectivity index (χ0v) is 7.40. The number of rotatable bonds is 0. The van der Waals surface area contributed by atoms with Gasteiger partial charge in [-0.1, -0.05) is 12.8 Å². The molecule has 1 fully saturated rings. The molecule has 1 heterocycles. The highest BCUT2D eigenvalue weighted by Gasteiger charge is 2.34. The first-order valence-electron chi connectivity index (χ1n) is 4.81. The van der Waals surface area contributed by atoms with Crippen molar-refractivity contribution in [1.82, 2.24) is 0 Å². The van der Waals surface area contributed by atoms with Crippen molar-refractivity contribution < 1.29 is 0 Å². The van der Waals surface area contributed by atoms with Crippen LogP contribution in [0.4, 0.5) is 0 Å². The van der Waals surface area contributed by atoms with Crippen molar-refractivity contribution in [3.63, 3.8) is 0 Å². The maximum Gasteiger partial charge on any atom is 0.0445 e. The minimum atomic E-state index is 0.666. The molecule has 0 bridgehead atoms. The molecule has 62 valence electrons. The van der Waals surface area contributed by atoms with E-state index in [1.54, 1.807) is 0 Å². The quantitative estimate of drug-likeness (QED) is 0.505. The second-order valence-electron chi connectivity index (χ2n) is 4.26. The molecular formula is C10H17N. The smallest absolute Gasteiger partial charge is 0.0445 e.